The van der Waals surface area contributed by atoms with Gasteiger partial charge in [-0.3, -0.25) is 0 Å². The molecule has 0 saturated heterocycles. The van der Waals surface area contributed by atoms with Crippen LogP contribution in [0.1, 0.15) is 55.4 Å². The molecule has 0 aromatic carbocycles. The van der Waals surface area contributed by atoms with Crippen LogP contribution in [0, 0.1) is 0 Å². The molecule has 5 heteroatoms. The number of rotatable bonds is 12. The number of hydrogen-bond acceptors (Lipinski definition) is 2. The van der Waals surface area contributed by atoms with Gasteiger partial charge in [-0.2, -0.15) is 0 Å². The Labute approximate surface area is 137 Å². The first kappa shape index (κ1) is 21.6. The van der Waals surface area contributed by atoms with Crippen LogP contribution in [0.5, 0.6) is 0 Å². The molecule has 0 aliphatic heterocycles. The largest absolute Gasteiger partial charge is 0.436 e. The van der Waals surface area contributed by atoms with E-state index in [-0.39, 0.29) is 0 Å². The first-order valence-corrected chi connectivity index (χ1v) is 16.6. The second-order valence-corrected chi connectivity index (χ2v) is 20.2. The van der Waals surface area contributed by atoms with Crippen LogP contribution >= 0.6 is 0 Å². The summed E-state index contributed by atoms with van der Waals surface area (Å²) in [4.78, 5) is 0. The molecule has 128 valence electrons. The van der Waals surface area contributed by atoms with Gasteiger partial charge in [-0.15, -0.1) is 0 Å². The normalized spacial score (nSPS) is 13.7. The van der Waals surface area contributed by atoms with Crippen molar-refractivity contribution in [1.82, 2.24) is 0 Å². The summed E-state index contributed by atoms with van der Waals surface area (Å²) in [6.45, 7) is 18.6. The Morgan fingerprint density at radius 3 is 0.810 bits per heavy atom. The van der Waals surface area contributed by atoms with E-state index in [4.69, 9.17) is 8.23 Å². The lowest BCUT2D eigenvalue weighted by atomic mass is 10.9. The van der Waals surface area contributed by atoms with E-state index in [2.05, 4.69) is 55.4 Å². The molecule has 0 aliphatic carbocycles. The fraction of sp³-hybridized carbons (Fsp3) is 1.00. The van der Waals surface area contributed by atoms with Crippen LogP contribution in [0.25, 0.3) is 0 Å². The summed E-state index contributed by atoms with van der Waals surface area (Å²) in [6, 6.07) is 9.64. The van der Waals surface area contributed by atoms with Gasteiger partial charge in [0.1, 0.15) is 0 Å². The lowest BCUT2D eigenvalue weighted by molar-refractivity contribution is 0.360. The quantitative estimate of drug-likeness (QED) is 0.374. The standard InChI is InChI=1S/C16H40O2Si3/c1-9-19(10-2,11-3)17-21(15-7,16-8)18-20(12-4,13-5)14-6/h9-16H2,1-8H3. The fourth-order valence-corrected chi connectivity index (χ4v) is 19.4. The van der Waals surface area contributed by atoms with Gasteiger partial charge in [0.25, 0.3) is 0 Å². The third-order valence-corrected chi connectivity index (χ3v) is 22.1. The van der Waals surface area contributed by atoms with Gasteiger partial charge < -0.3 is 8.23 Å². The number of hydrogen-bond donors (Lipinski definition) is 0. The second kappa shape index (κ2) is 9.65. The molecular formula is C16H40O2Si3. The fourth-order valence-electron chi connectivity index (χ4n) is 3.28. The highest BCUT2D eigenvalue weighted by atomic mass is 28.5. The maximum absolute atomic E-state index is 7.02. The van der Waals surface area contributed by atoms with Gasteiger partial charge in [0.15, 0.2) is 16.6 Å². The van der Waals surface area contributed by atoms with E-state index in [1.165, 1.54) is 36.3 Å². The molecule has 0 rings (SSSR count). The van der Waals surface area contributed by atoms with Crippen molar-refractivity contribution >= 4 is 25.2 Å². The predicted molar refractivity (Wildman–Crippen MR) is 103 cm³/mol. The average molecular weight is 349 g/mol. The van der Waals surface area contributed by atoms with Crippen molar-refractivity contribution in [3.63, 3.8) is 0 Å². The predicted octanol–water partition coefficient (Wildman–Crippen LogP) is 6.51. The van der Waals surface area contributed by atoms with Crippen LogP contribution < -0.4 is 0 Å². The summed E-state index contributed by atoms with van der Waals surface area (Å²) in [5, 5.41) is 0. The molecule has 21 heavy (non-hydrogen) atoms. The third kappa shape index (κ3) is 5.30. The van der Waals surface area contributed by atoms with Crippen LogP contribution in [-0.2, 0) is 8.23 Å². The van der Waals surface area contributed by atoms with Gasteiger partial charge in [-0.25, -0.2) is 0 Å². The first-order chi connectivity index (χ1) is 9.90. The van der Waals surface area contributed by atoms with E-state index >= 15 is 0 Å². The van der Waals surface area contributed by atoms with Crippen molar-refractivity contribution in [3.05, 3.63) is 0 Å². The van der Waals surface area contributed by atoms with Gasteiger partial charge in [0.05, 0.1) is 0 Å². The molecular weight excluding hydrogens is 308 g/mol. The summed E-state index contributed by atoms with van der Waals surface area (Å²) in [5.41, 5.74) is 0. The van der Waals surface area contributed by atoms with E-state index in [1.54, 1.807) is 0 Å². The molecule has 0 aliphatic rings. The molecule has 0 aromatic rings. The average Bonchev–Trinajstić information content (AvgIpc) is 2.57. The highest BCUT2D eigenvalue weighted by Crippen LogP contribution is 2.35. The Balaban J connectivity index is 5.42. The molecule has 0 N–H and O–H groups in total. The molecule has 0 bridgehead atoms. The van der Waals surface area contributed by atoms with Gasteiger partial charge in [0.2, 0.25) is 0 Å². The molecule has 0 saturated carbocycles. The lowest BCUT2D eigenvalue weighted by Gasteiger charge is -2.45. The van der Waals surface area contributed by atoms with Crippen molar-refractivity contribution in [2.75, 3.05) is 0 Å². The van der Waals surface area contributed by atoms with Crippen molar-refractivity contribution in [2.24, 2.45) is 0 Å². The van der Waals surface area contributed by atoms with Crippen molar-refractivity contribution in [1.29, 1.82) is 0 Å². The maximum Gasteiger partial charge on any atom is 0.317 e. The van der Waals surface area contributed by atoms with Gasteiger partial charge in [-0.05, 0) is 48.4 Å². The van der Waals surface area contributed by atoms with Crippen molar-refractivity contribution in [2.45, 2.75) is 104 Å². The van der Waals surface area contributed by atoms with Crippen LogP contribution in [0.15, 0.2) is 0 Å². The van der Waals surface area contributed by atoms with Gasteiger partial charge >= 0.3 is 8.56 Å². The van der Waals surface area contributed by atoms with E-state index in [0.29, 0.717) is 0 Å². The van der Waals surface area contributed by atoms with E-state index in [0.717, 1.165) is 12.1 Å². The third-order valence-electron chi connectivity index (χ3n) is 5.75. The Morgan fingerprint density at radius 2 is 0.667 bits per heavy atom. The summed E-state index contributed by atoms with van der Waals surface area (Å²) in [5.74, 6) is 0. The highest BCUT2D eigenvalue weighted by molar-refractivity contribution is 6.90. The van der Waals surface area contributed by atoms with Crippen LogP contribution in [-0.4, -0.2) is 25.2 Å². The Kier molecular flexibility index (Phi) is 9.91. The smallest absolute Gasteiger partial charge is 0.317 e. The van der Waals surface area contributed by atoms with E-state index in [1.807, 2.05) is 0 Å². The zero-order valence-corrected chi connectivity index (χ0v) is 19.0. The minimum absolute atomic E-state index is 1.12. The summed E-state index contributed by atoms with van der Waals surface area (Å²) >= 11 is 0. The minimum atomic E-state index is -2.02. The molecule has 0 spiro atoms. The second-order valence-electron chi connectivity index (χ2n) is 6.31. The summed E-state index contributed by atoms with van der Waals surface area (Å²) < 4.78 is 14.0. The summed E-state index contributed by atoms with van der Waals surface area (Å²) in [6.07, 6.45) is 0. The van der Waals surface area contributed by atoms with Crippen LogP contribution in [0.2, 0.25) is 48.4 Å². The molecule has 0 unspecified atom stereocenters. The zero-order chi connectivity index (χ0) is 16.6. The first-order valence-electron chi connectivity index (χ1n) is 9.30. The van der Waals surface area contributed by atoms with Crippen molar-refractivity contribution < 1.29 is 8.23 Å². The molecule has 0 fully saturated rings. The van der Waals surface area contributed by atoms with Crippen LogP contribution in [0.4, 0.5) is 0 Å². The molecule has 0 heterocycles. The topological polar surface area (TPSA) is 18.5 Å². The van der Waals surface area contributed by atoms with Crippen LogP contribution in [0.3, 0.4) is 0 Å². The SMILES string of the molecule is CC[Si](CC)(CC)O[Si](CC)(CC)O[Si](CC)(CC)CC. The monoisotopic (exact) mass is 348 g/mol. The highest BCUT2D eigenvalue weighted by Gasteiger charge is 2.47. The molecule has 0 radical (unpaired) electrons. The van der Waals surface area contributed by atoms with E-state index in [9.17, 15) is 0 Å². The molecule has 0 aromatic heterocycles. The van der Waals surface area contributed by atoms with Gasteiger partial charge in [-0.1, -0.05) is 55.4 Å². The minimum Gasteiger partial charge on any atom is -0.436 e. The Morgan fingerprint density at radius 1 is 0.429 bits per heavy atom. The summed E-state index contributed by atoms with van der Waals surface area (Å²) in [7, 11) is -5.16. The molecule has 0 atom stereocenters. The van der Waals surface area contributed by atoms with E-state index < -0.39 is 25.2 Å². The Bertz CT molecular complexity index is 232. The Hall–Kier alpha value is 0.571. The zero-order valence-electron chi connectivity index (χ0n) is 16.0. The van der Waals surface area contributed by atoms with Crippen molar-refractivity contribution in [3.8, 4) is 0 Å². The molecule has 2 nitrogen and oxygen atoms in total. The maximum atomic E-state index is 7.02. The van der Waals surface area contributed by atoms with Gasteiger partial charge in [0, 0.05) is 0 Å². The lowest BCUT2D eigenvalue weighted by Crippen LogP contribution is -2.57. The molecule has 0 amide bonds.